The van der Waals surface area contributed by atoms with Gasteiger partial charge in [-0.15, -0.1) is 29.6 Å². The Bertz CT molecular complexity index is 1360. The highest BCUT2D eigenvalue weighted by Crippen LogP contribution is 2.30. The minimum Gasteiger partial charge on any atom is -0.440 e. The van der Waals surface area contributed by atoms with Crippen molar-refractivity contribution in [3.05, 3.63) is 58.1 Å². The Labute approximate surface area is 193 Å². The summed E-state index contributed by atoms with van der Waals surface area (Å²) in [6, 6.07) is 5.00. The van der Waals surface area contributed by atoms with E-state index in [2.05, 4.69) is 30.2 Å². The number of ether oxygens (including phenoxy) is 1. The van der Waals surface area contributed by atoms with Crippen molar-refractivity contribution in [2.45, 2.75) is 26.8 Å². The van der Waals surface area contributed by atoms with Crippen LogP contribution in [0.1, 0.15) is 38.8 Å². The fraction of sp³-hybridized carbons (Fsp3) is 0.200. The third-order valence-electron chi connectivity index (χ3n) is 4.25. The molecule has 0 spiro atoms. The summed E-state index contributed by atoms with van der Waals surface area (Å²) in [5, 5.41) is 13.0. The smallest absolute Gasteiger partial charge is 0.440 e. The Morgan fingerprint density at radius 1 is 1.26 bits per heavy atom. The van der Waals surface area contributed by atoms with E-state index in [-0.39, 0.29) is 41.1 Å². The van der Waals surface area contributed by atoms with Gasteiger partial charge in [-0.3, -0.25) is 9.59 Å². The Hall–Kier alpha value is -4.07. The number of oxazole rings is 1. The highest BCUT2D eigenvalue weighted by molar-refractivity contribution is 7.09. The largest absolute Gasteiger partial charge is 0.573 e. The minimum absolute atomic E-state index is 0.0328. The van der Waals surface area contributed by atoms with Crippen molar-refractivity contribution in [3.63, 3.8) is 0 Å². The number of carbonyl (C=O) groups excluding carboxylic acids is 2. The molecule has 0 fully saturated rings. The Kier molecular flexibility index (Phi) is 6.15. The lowest BCUT2D eigenvalue weighted by atomic mass is 10.1. The highest BCUT2D eigenvalue weighted by atomic mass is 32.1. The van der Waals surface area contributed by atoms with E-state index in [0.29, 0.717) is 10.7 Å². The summed E-state index contributed by atoms with van der Waals surface area (Å²) in [5.74, 6) is -1.12. The predicted octanol–water partition coefficient (Wildman–Crippen LogP) is 4.10. The van der Waals surface area contributed by atoms with E-state index in [1.54, 1.807) is 5.38 Å². The minimum atomic E-state index is -4.87. The SMILES string of the molecule is CC(=O)c1csc(Cn2ncc(NC(=O)c3nc(C)oc3-c3cccc(OC(F)(F)F)c3)n2)n1. The highest BCUT2D eigenvalue weighted by Gasteiger charge is 2.31. The van der Waals surface area contributed by atoms with Gasteiger partial charge in [0.1, 0.15) is 23.0 Å². The zero-order valence-electron chi connectivity index (χ0n) is 17.6. The molecule has 1 N–H and O–H groups in total. The third-order valence-corrected chi connectivity index (χ3v) is 5.08. The number of aryl methyl sites for hydroxylation is 1. The van der Waals surface area contributed by atoms with Gasteiger partial charge in [-0.2, -0.15) is 9.90 Å². The summed E-state index contributed by atoms with van der Waals surface area (Å²) >= 11 is 1.28. The summed E-state index contributed by atoms with van der Waals surface area (Å²) < 4.78 is 47.0. The molecule has 3 aromatic heterocycles. The number of hydrogen-bond donors (Lipinski definition) is 1. The number of nitrogens with one attached hydrogen (secondary N) is 1. The molecular weight excluding hydrogens is 477 g/mol. The number of anilines is 1. The van der Waals surface area contributed by atoms with Gasteiger partial charge in [-0.25, -0.2) is 9.97 Å². The van der Waals surface area contributed by atoms with E-state index in [0.717, 1.165) is 12.1 Å². The number of Topliss-reactive ketones (excluding diaryl/α,β-unsaturated/α-hetero) is 1. The van der Waals surface area contributed by atoms with Gasteiger partial charge in [0.25, 0.3) is 5.91 Å². The van der Waals surface area contributed by atoms with Crippen LogP contribution in [0.4, 0.5) is 19.0 Å². The van der Waals surface area contributed by atoms with Crippen LogP contribution < -0.4 is 10.1 Å². The summed E-state index contributed by atoms with van der Waals surface area (Å²) in [6.45, 7) is 3.10. The van der Waals surface area contributed by atoms with Crippen LogP contribution in [-0.4, -0.2) is 43.0 Å². The number of ketones is 1. The molecule has 14 heteroatoms. The van der Waals surface area contributed by atoms with Gasteiger partial charge < -0.3 is 14.5 Å². The van der Waals surface area contributed by atoms with E-state index in [1.165, 1.54) is 48.3 Å². The van der Waals surface area contributed by atoms with Crippen molar-refractivity contribution in [1.82, 2.24) is 25.0 Å². The third kappa shape index (κ3) is 5.46. The van der Waals surface area contributed by atoms with Crippen LogP contribution in [0.3, 0.4) is 0 Å². The monoisotopic (exact) mass is 492 g/mol. The molecule has 10 nitrogen and oxygen atoms in total. The Balaban J connectivity index is 1.51. The number of alkyl halides is 3. The average Bonchev–Trinajstić information content (AvgIpc) is 3.47. The molecule has 0 bridgehead atoms. The van der Waals surface area contributed by atoms with Crippen LogP contribution >= 0.6 is 11.3 Å². The molecular formula is C20H15F3N6O4S. The zero-order valence-corrected chi connectivity index (χ0v) is 18.4. The maximum atomic E-state index is 12.8. The molecule has 0 aliphatic carbocycles. The molecule has 0 saturated carbocycles. The second-order valence-electron chi connectivity index (χ2n) is 6.88. The van der Waals surface area contributed by atoms with Gasteiger partial charge in [-0.05, 0) is 12.1 Å². The van der Waals surface area contributed by atoms with Crippen LogP contribution in [0.25, 0.3) is 11.3 Å². The van der Waals surface area contributed by atoms with Crippen LogP contribution in [0.15, 0.2) is 40.3 Å². The number of hydrogen-bond acceptors (Lipinski definition) is 9. The molecule has 4 aromatic rings. The van der Waals surface area contributed by atoms with Gasteiger partial charge in [-0.1, -0.05) is 12.1 Å². The van der Waals surface area contributed by atoms with Crippen molar-refractivity contribution in [2.24, 2.45) is 0 Å². The van der Waals surface area contributed by atoms with Gasteiger partial charge in [0.15, 0.2) is 28.9 Å². The number of benzene rings is 1. The van der Waals surface area contributed by atoms with Crippen LogP contribution in [0.5, 0.6) is 5.75 Å². The normalized spacial score (nSPS) is 11.4. The molecule has 0 aliphatic rings. The molecule has 4 rings (SSSR count). The fourth-order valence-corrected chi connectivity index (χ4v) is 3.69. The van der Waals surface area contributed by atoms with Crippen molar-refractivity contribution >= 4 is 28.8 Å². The summed E-state index contributed by atoms with van der Waals surface area (Å²) in [6.07, 6.45) is -3.56. The zero-order chi connectivity index (χ0) is 24.5. The summed E-state index contributed by atoms with van der Waals surface area (Å²) in [5.41, 5.74) is 0.364. The Morgan fingerprint density at radius 3 is 2.76 bits per heavy atom. The number of rotatable bonds is 7. The molecule has 0 radical (unpaired) electrons. The second kappa shape index (κ2) is 9.05. The molecule has 1 amide bonds. The van der Waals surface area contributed by atoms with Crippen molar-refractivity contribution in [2.75, 3.05) is 5.32 Å². The van der Waals surface area contributed by atoms with E-state index in [4.69, 9.17) is 4.42 Å². The van der Waals surface area contributed by atoms with Crippen LogP contribution in [0.2, 0.25) is 0 Å². The molecule has 0 atom stereocenters. The van der Waals surface area contributed by atoms with Crippen LogP contribution in [0, 0.1) is 6.92 Å². The van der Waals surface area contributed by atoms with Gasteiger partial charge >= 0.3 is 6.36 Å². The first kappa shape index (κ1) is 23.1. The first-order chi connectivity index (χ1) is 16.1. The molecule has 0 unspecified atom stereocenters. The van der Waals surface area contributed by atoms with E-state index in [9.17, 15) is 22.8 Å². The van der Waals surface area contributed by atoms with Gasteiger partial charge in [0, 0.05) is 24.8 Å². The lowest BCUT2D eigenvalue weighted by Crippen LogP contribution is -2.17. The number of carbonyl (C=O) groups is 2. The number of nitrogens with zero attached hydrogens (tertiary/aromatic N) is 5. The van der Waals surface area contributed by atoms with Crippen molar-refractivity contribution in [3.8, 4) is 17.1 Å². The average molecular weight is 492 g/mol. The molecule has 0 saturated heterocycles. The molecule has 34 heavy (non-hydrogen) atoms. The lowest BCUT2D eigenvalue weighted by Gasteiger charge is -2.09. The lowest BCUT2D eigenvalue weighted by molar-refractivity contribution is -0.274. The summed E-state index contributed by atoms with van der Waals surface area (Å²) in [4.78, 5) is 33.7. The van der Waals surface area contributed by atoms with Gasteiger partial charge in [0.05, 0.1) is 6.20 Å². The van der Waals surface area contributed by atoms with Crippen molar-refractivity contribution in [1.29, 1.82) is 0 Å². The fourth-order valence-electron chi connectivity index (χ4n) is 2.88. The standard InChI is InChI=1S/C20H15F3N6O4S/c1-10(30)14-9-34-16(26-14)8-29-24-7-15(28-29)27-19(31)17-18(32-11(2)25-17)12-4-3-5-13(6-12)33-20(21,22)23/h3-7,9H,8H2,1-2H3,(H,27,28,31). The molecule has 1 aromatic carbocycles. The van der Waals surface area contributed by atoms with E-state index in [1.807, 2.05) is 0 Å². The second-order valence-corrected chi connectivity index (χ2v) is 7.83. The van der Waals surface area contributed by atoms with Crippen molar-refractivity contribution < 1.29 is 31.9 Å². The Morgan fingerprint density at radius 2 is 2.06 bits per heavy atom. The number of amides is 1. The maximum Gasteiger partial charge on any atom is 0.573 e. The first-order valence-corrected chi connectivity index (χ1v) is 10.5. The molecule has 176 valence electrons. The quantitative estimate of drug-likeness (QED) is 0.382. The first-order valence-electron chi connectivity index (χ1n) is 9.58. The predicted molar refractivity (Wildman–Crippen MR) is 113 cm³/mol. The van der Waals surface area contributed by atoms with Gasteiger partial charge in [0.2, 0.25) is 0 Å². The maximum absolute atomic E-state index is 12.8. The topological polar surface area (TPSA) is 125 Å². The number of thiazole rings is 1. The molecule has 3 heterocycles. The molecule has 0 aliphatic heterocycles. The number of aromatic nitrogens is 5. The van der Waals surface area contributed by atoms with Crippen LogP contribution in [-0.2, 0) is 6.54 Å². The van der Waals surface area contributed by atoms with E-state index >= 15 is 0 Å². The summed E-state index contributed by atoms with van der Waals surface area (Å²) in [7, 11) is 0. The van der Waals surface area contributed by atoms with E-state index < -0.39 is 18.0 Å². The number of halogens is 3.